The second-order valence-corrected chi connectivity index (χ2v) is 7.64. The Hall–Kier alpha value is -2.34. The zero-order valence-corrected chi connectivity index (χ0v) is 16.1. The smallest absolute Gasteiger partial charge is 0.371 e. The summed E-state index contributed by atoms with van der Waals surface area (Å²) in [6.45, 7) is 4.46. The van der Waals surface area contributed by atoms with Crippen LogP contribution in [0, 0.1) is 5.92 Å². The fourth-order valence-corrected chi connectivity index (χ4v) is 4.45. The first-order chi connectivity index (χ1) is 13.1. The van der Waals surface area contributed by atoms with Gasteiger partial charge < -0.3 is 4.74 Å². The average Bonchev–Trinajstić information content (AvgIpc) is 2.69. The van der Waals surface area contributed by atoms with Crippen molar-refractivity contribution in [1.29, 1.82) is 0 Å². The minimum absolute atomic E-state index is 0.112. The molecule has 4 rings (SSSR count). The maximum Gasteiger partial charge on any atom is 0.501 e. The fraction of sp³-hybridized carbons (Fsp3) is 0.524. The summed E-state index contributed by atoms with van der Waals surface area (Å²) in [5.41, 5.74) is 1.27. The van der Waals surface area contributed by atoms with E-state index in [0.717, 1.165) is 36.6 Å². The molecule has 0 bridgehead atoms. The van der Waals surface area contributed by atoms with Crippen molar-refractivity contribution < 1.29 is 14.3 Å². The summed E-state index contributed by atoms with van der Waals surface area (Å²) in [5.74, 6) is 0.424. The predicted molar refractivity (Wildman–Crippen MR) is 102 cm³/mol. The van der Waals surface area contributed by atoms with Gasteiger partial charge in [0.1, 0.15) is 17.7 Å². The van der Waals surface area contributed by atoms with Crippen molar-refractivity contribution >= 4 is 18.0 Å². The van der Waals surface area contributed by atoms with Crippen molar-refractivity contribution in [2.45, 2.75) is 51.7 Å². The number of carbonyl (C=O) groups excluding carboxylic acids is 2. The van der Waals surface area contributed by atoms with Gasteiger partial charge >= 0.3 is 11.9 Å². The van der Waals surface area contributed by atoms with Crippen LogP contribution in [0.4, 0.5) is 4.79 Å². The molecule has 142 valence electrons. The Bertz CT molecular complexity index is 942. The van der Waals surface area contributed by atoms with Crippen LogP contribution in [-0.2, 0) is 4.74 Å². The monoisotopic (exact) mass is 368 g/mol. The Labute approximate surface area is 158 Å². The van der Waals surface area contributed by atoms with Crippen LogP contribution < -0.4 is 15.2 Å². The van der Waals surface area contributed by atoms with Gasteiger partial charge in [-0.3, -0.25) is 4.98 Å². The van der Waals surface area contributed by atoms with E-state index in [1.807, 2.05) is 29.7 Å². The number of carbonyl (C=O) groups is 2. The zero-order valence-electron chi connectivity index (χ0n) is 16.1. The molecule has 1 aliphatic heterocycles. The van der Waals surface area contributed by atoms with Gasteiger partial charge in [0.15, 0.2) is 5.36 Å². The standard InChI is InChI=1S/C21H26N3O3/c1-4-23-20(25)16-12-22-18-15(6-5-7-17(18)27-3)19(16)24(21(23)26)14-10-8-13(2)9-11-14/h5-7,12-14,17H,4,8-11H2,1-3H3/q+1. The molecule has 0 spiro atoms. The van der Waals surface area contributed by atoms with Gasteiger partial charge in [-0.05, 0) is 50.7 Å². The quantitative estimate of drug-likeness (QED) is 0.763. The third-order valence-corrected chi connectivity index (χ3v) is 6.01. The normalized spacial score (nSPS) is 27.3. The molecule has 3 amide bonds. The summed E-state index contributed by atoms with van der Waals surface area (Å²) < 4.78 is 7.40. The Morgan fingerprint density at radius 3 is 2.67 bits per heavy atom. The molecule has 0 radical (unpaired) electrons. The number of ether oxygens (including phenoxy) is 1. The second-order valence-electron chi connectivity index (χ2n) is 7.64. The van der Waals surface area contributed by atoms with E-state index in [0.29, 0.717) is 23.4 Å². The number of allylic oxidation sites excluding steroid dienone is 1. The van der Waals surface area contributed by atoms with Gasteiger partial charge in [-0.15, -0.1) is 0 Å². The lowest BCUT2D eigenvalue weighted by Crippen LogP contribution is -2.62. The Balaban J connectivity index is 2.03. The molecule has 1 unspecified atom stereocenters. The third kappa shape index (κ3) is 2.83. The predicted octanol–water partition coefficient (Wildman–Crippen LogP) is 1.78. The largest absolute Gasteiger partial charge is 0.501 e. The number of aromatic nitrogens is 1. The summed E-state index contributed by atoms with van der Waals surface area (Å²) >= 11 is 0. The molecule has 2 heterocycles. The molecule has 1 aromatic rings. The Morgan fingerprint density at radius 2 is 2.00 bits per heavy atom. The molecule has 1 fully saturated rings. The van der Waals surface area contributed by atoms with Crippen molar-refractivity contribution in [2.75, 3.05) is 13.7 Å². The first kappa shape index (κ1) is 18.0. The Morgan fingerprint density at radius 1 is 1.26 bits per heavy atom. The molecule has 3 aliphatic rings. The van der Waals surface area contributed by atoms with Crippen molar-refractivity contribution in [1.82, 2.24) is 14.5 Å². The van der Waals surface area contributed by atoms with Crippen molar-refractivity contribution in [3.63, 3.8) is 0 Å². The van der Waals surface area contributed by atoms with Crippen LogP contribution in [0.15, 0.2) is 18.3 Å². The number of methoxy groups -OCH3 is 1. The Kier molecular flexibility index (Phi) is 4.68. The molecule has 0 saturated heterocycles. The van der Waals surface area contributed by atoms with E-state index in [9.17, 15) is 9.59 Å². The number of nitrogens with zero attached hydrogens (tertiary/aromatic N) is 3. The molecular formula is C21H26N3O3+. The van der Waals surface area contributed by atoms with Crippen LogP contribution in [-0.4, -0.2) is 41.5 Å². The van der Waals surface area contributed by atoms with Crippen molar-refractivity contribution in [3.8, 4) is 0 Å². The number of urea groups is 1. The number of imide groups is 1. The minimum atomic E-state index is -0.266. The SMILES string of the molecule is CCN1C(=O)c2cnc3c(c2=[N+](C2CCC(C)CC2)C1=O)=CC=CC3OC. The topological polar surface area (TPSA) is 62.5 Å². The zero-order chi connectivity index (χ0) is 19.1. The number of hydrogen-bond acceptors (Lipinski definition) is 4. The summed E-state index contributed by atoms with van der Waals surface area (Å²) in [7, 11) is 1.64. The lowest BCUT2D eigenvalue weighted by Gasteiger charge is -2.29. The second kappa shape index (κ2) is 7.00. The van der Waals surface area contributed by atoms with Crippen molar-refractivity contribution in [3.05, 3.63) is 40.2 Å². The molecule has 2 aliphatic carbocycles. The van der Waals surface area contributed by atoms with E-state index in [1.165, 1.54) is 4.90 Å². The van der Waals surface area contributed by atoms with Crippen LogP contribution in [0.2, 0.25) is 0 Å². The fourth-order valence-electron chi connectivity index (χ4n) is 4.45. The molecule has 6 heteroatoms. The maximum atomic E-state index is 13.3. The molecule has 1 saturated carbocycles. The summed E-state index contributed by atoms with van der Waals surface area (Å²) in [5, 5.41) is 1.54. The van der Waals surface area contributed by atoms with Crippen LogP contribution >= 0.6 is 0 Å². The van der Waals surface area contributed by atoms with Crippen molar-refractivity contribution in [2.24, 2.45) is 5.92 Å². The number of fused-ring (bicyclic) bond motifs is 3. The minimum Gasteiger partial charge on any atom is -0.371 e. The van der Waals surface area contributed by atoms with E-state index in [1.54, 1.807) is 13.3 Å². The highest BCUT2D eigenvalue weighted by Crippen LogP contribution is 2.26. The highest BCUT2D eigenvalue weighted by Gasteiger charge is 2.44. The van der Waals surface area contributed by atoms with Crippen LogP contribution in [0.1, 0.15) is 61.7 Å². The van der Waals surface area contributed by atoms with Gasteiger partial charge in [-0.25, -0.2) is 4.79 Å². The lowest BCUT2D eigenvalue weighted by molar-refractivity contribution is 0.0772. The number of rotatable bonds is 3. The van der Waals surface area contributed by atoms with E-state index in [2.05, 4.69) is 11.9 Å². The molecule has 1 atom stereocenters. The first-order valence-electron chi connectivity index (χ1n) is 9.79. The van der Waals surface area contributed by atoms with Gasteiger partial charge in [0.25, 0.3) is 0 Å². The van der Waals surface area contributed by atoms with Gasteiger partial charge in [-0.2, -0.15) is 14.3 Å². The summed E-state index contributed by atoms with van der Waals surface area (Å²) in [6, 6.07) is -0.0960. The van der Waals surface area contributed by atoms with Gasteiger partial charge in [-0.1, -0.05) is 13.0 Å². The van der Waals surface area contributed by atoms with E-state index in [4.69, 9.17) is 4.74 Å². The summed E-state index contributed by atoms with van der Waals surface area (Å²) in [4.78, 5) is 32.1. The van der Waals surface area contributed by atoms with Crippen LogP contribution in [0.3, 0.4) is 0 Å². The highest BCUT2D eigenvalue weighted by atomic mass is 16.5. The van der Waals surface area contributed by atoms with E-state index < -0.39 is 0 Å². The van der Waals surface area contributed by atoms with E-state index in [-0.39, 0.29) is 24.1 Å². The number of pyridine rings is 1. The molecule has 0 N–H and O–H groups in total. The molecule has 0 aromatic carbocycles. The first-order valence-corrected chi connectivity index (χ1v) is 9.79. The molecule has 6 nitrogen and oxygen atoms in total. The highest BCUT2D eigenvalue weighted by molar-refractivity contribution is 6.06. The summed E-state index contributed by atoms with van der Waals surface area (Å²) in [6.07, 6.45) is 11.2. The molecular weight excluding hydrogens is 342 g/mol. The molecule has 27 heavy (non-hydrogen) atoms. The van der Waals surface area contributed by atoms with Crippen LogP contribution in [0.5, 0.6) is 0 Å². The molecule has 1 aromatic heterocycles. The number of hydrogen-bond donors (Lipinski definition) is 0. The maximum absolute atomic E-state index is 13.3. The van der Waals surface area contributed by atoms with Gasteiger partial charge in [0, 0.05) is 18.5 Å². The lowest BCUT2D eigenvalue weighted by atomic mass is 9.86. The third-order valence-electron chi connectivity index (χ3n) is 6.01. The van der Waals surface area contributed by atoms with Crippen LogP contribution in [0.25, 0.3) is 6.08 Å². The van der Waals surface area contributed by atoms with Gasteiger partial charge in [0.05, 0.1) is 12.2 Å². The average molecular weight is 368 g/mol. The van der Waals surface area contributed by atoms with E-state index >= 15 is 0 Å². The van der Waals surface area contributed by atoms with Gasteiger partial charge in [0.2, 0.25) is 0 Å². The number of amides is 3.